The van der Waals surface area contributed by atoms with E-state index in [1.54, 1.807) is 6.92 Å². The molecule has 0 aromatic heterocycles. The molecule has 0 aromatic carbocycles. The van der Waals surface area contributed by atoms with Crippen molar-refractivity contribution in [1.82, 2.24) is 0 Å². The number of hydrogen-bond acceptors (Lipinski definition) is 3. The maximum absolute atomic E-state index is 11.1. The lowest BCUT2D eigenvalue weighted by atomic mass is 10.0. The molecule has 0 amide bonds. The van der Waals surface area contributed by atoms with Gasteiger partial charge in [-0.05, 0) is 39.5 Å². The zero-order valence-electron chi connectivity index (χ0n) is 9.66. The van der Waals surface area contributed by atoms with Crippen LogP contribution in [0.3, 0.4) is 0 Å². The maximum atomic E-state index is 11.1. The molecule has 1 atom stereocenters. The van der Waals surface area contributed by atoms with Gasteiger partial charge in [-0.2, -0.15) is 0 Å². The molecule has 1 aliphatic carbocycles. The van der Waals surface area contributed by atoms with Gasteiger partial charge in [0.25, 0.3) is 0 Å². The summed E-state index contributed by atoms with van der Waals surface area (Å²) in [5, 5.41) is 9.09. The van der Waals surface area contributed by atoms with Gasteiger partial charge in [0.1, 0.15) is 0 Å². The third-order valence-electron chi connectivity index (χ3n) is 2.72. The minimum atomic E-state index is -1.01. The fraction of sp³-hybridized carbons (Fsp3) is 0.909. The monoisotopic (exact) mass is 216 g/mol. The van der Waals surface area contributed by atoms with Crippen molar-refractivity contribution in [3.8, 4) is 0 Å². The van der Waals surface area contributed by atoms with Crippen molar-refractivity contribution in [2.24, 2.45) is 5.92 Å². The molecule has 0 bridgehead atoms. The van der Waals surface area contributed by atoms with E-state index in [-0.39, 0.29) is 12.0 Å². The van der Waals surface area contributed by atoms with Crippen molar-refractivity contribution in [1.29, 1.82) is 0 Å². The van der Waals surface area contributed by atoms with Crippen molar-refractivity contribution < 1.29 is 19.4 Å². The lowest BCUT2D eigenvalue weighted by Crippen LogP contribution is -2.41. The number of rotatable bonds is 7. The van der Waals surface area contributed by atoms with E-state index in [1.807, 2.05) is 13.8 Å². The van der Waals surface area contributed by atoms with E-state index in [1.165, 1.54) is 0 Å². The number of carboxylic acids is 1. The second-order valence-electron chi connectivity index (χ2n) is 4.45. The average Bonchev–Trinajstić information content (AvgIpc) is 2.94. The zero-order valence-corrected chi connectivity index (χ0v) is 9.66. The standard InChI is InChI=1S/C11H20O4/c1-8(2)14-6-7-15-11(3,10(12)13)9-4-5-9/h8-9H,4-7H2,1-3H3,(H,12,13). The molecule has 1 rings (SSSR count). The summed E-state index contributed by atoms with van der Waals surface area (Å²) in [5.74, 6) is -0.691. The molecule has 0 saturated heterocycles. The van der Waals surface area contributed by atoms with Gasteiger partial charge in [-0.1, -0.05) is 0 Å². The molecule has 15 heavy (non-hydrogen) atoms. The normalized spacial score (nSPS) is 20.3. The SMILES string of the molecule is CC(C)OCCOC(C)(C(=O)O)C1CC1. The molecule has 4 nitrogen and oxygen atoms in total. The molecule has 0 spiro atoms. The third-order valence-corrected chi connectivity index (χ3v) is 2.72. The highest BCUT2D eigenvalue weighted by Gasteiger charge is 2.48. The molecule has 0 heterocycles. The van der Waals surface area contributed by atoms with Gasteiger partial charge in [0.05, 0.1) is 19.3 Å². The van der Waals surface area contributed by atoms with Crippen LogP contribution in [-0.4, -0.2) is 36.0 Å². The summed E-state index contributed by atoms with van der Waals surface area (Å²) >= 11 is 0. The maximum Gasteiger partial charge on any atom is 0.335 e. The topological polar surface area (TPSA) is 55.8 Å². The fourth-order valence-electron chi connectivity index (χ4n) is 1.53. The molecule has 1 unspecified atom stereocenters. The van der Waals surface area contributed by atoms with E-state index < -0.39 is 11.6 Å². The van der Waals surface area contributed by atoms with Crippen LogP contribution in [0.15, 0.2) is 0 Å². The lowest BCUT2D eigenvalue weighted by Gasteiger charge is -2.25. The van der Waals surface area contributed by atoms with Crippen molar-refractivity contribution in [2.75, 3.05) is 13.2 Å². The molecule has 4 heteroatoms. The Hall–Kier alpha value is -0.610. The van der Waals surface area contributed by atoms with Gasteiger partial charge in [0.15, 0.2) is 5.60 Å². The molecule has 88 valence electrons. The first-order valence-corrected chi connectivity index (χ1v) is 5.45. The zero-order chi connectivity index (χ0) is 11.5. The molecule has 1 saturated carbocycles. The molecule has 0 aromatic rings. The van der Waals surface area contributed by atoms with Crippen LogP contribution in [0.1, 0.15) is 33.6 Å². The predicted octanol–water partition coefficient (Wildman–Crippen LogP) is 1.68. The van der Waals surface area contributed by atoms with E-state index in [9.17, 15) is 4.79 Å². The van der Waals surface area contributed by atoms with Gasteiger partial charge in [0.2, 0.25) is 0 Å². The third kappa shape index (κ3) is 3.47. The Morgan fingerprint density at radius 3 is 2.47 bits per heavy atom. The Labute approximate surface area is 90.6 Å². The largest absolute Gasteiger partial charge is 0.479 e. The number of hydrogen-bond donors (Lipinski definition) is 1. The van der Waals surface area contributed by atoms with Gasteiger partial charge in [0, 0.05) is 0 Å². The van der Waals surface area contributed by atoms with Crippen molar-refractivity contribution >= 4 is 5.97 Å². The quantitative estimate of drug-likeness (QED) is 0.658. The summed E-state index contributed by atoms with van der Waals surface area (Å²) in [6.45, 7) is 6.33. The first kappa shape index (κ1) is 12.5. The number of ether oxygens (including phenoxy) is 2. The van der Waals surface area contributed by atoms with E-state index >= 15 is 0 Å². The van der Waals surface area contributed by atoms with Gasteiger partial charge in [-0.25, -0.2) is 4.79 Å². The molecule has 1 aliphatic rings. The van der Waals surface area contributed by atoms with Gasteiger partial charge in [-0.15, -0.1) is 0 Å². The number of aliphatic carboxylic acids is 1. The van der Waals surface area contributed by atoms with Crippen molar-refractivity contribution in [3.05, 3.63) is 0 Å². The second kappa shape index (κ2) is 4.94. The molecular formula is C11H20O4. The Kier molecular flexibility index (Phi) is 4.11. The van der Waals surface area contributed by atoms with Crippen LogP contribution in [0.2, 0.25) is 0 Å². The van der Waals surface area contributed by atoms with Crippen LogP contribution in [0.25, 0.3) is 0 Å². The molecule has 1 fully saturated rings. The lowest BCUT2D eigenvalue weighted by molar-refractivity contribution is -0.169. The smallest absolute Gasteiger partial charge is 0.335 e. The van der Waals surface area contributed by atoms with Crippen molar-refractivity contribution in [2.45, 2.75) is 45.3 Å². The van der Waals surface area contributed by atoms with E-state index in [0.29, 0.717) is 13.2 Å². The summed E-state index contributed by atoms with van der Waals surface area (Å²) in [6, 6.07) is 0. The van der Waals surface area contributed by atoms with Crippen LogP contribution in [0, 0.1) is 5.92 Å². The highest BCUT2D eigenvalue weighted by molar-refractivity contribution is 5.77. The van der Waals surface area contributed by atoms with E-state index in [0.717, 1.165) is 12.8 Å². The number of carboxylic acid groups (broad SMARTS) is 1. The summed E-state index contributed by atoms with van der Waals surface area (Å²) in [7, 11) is 0. The Balaban J connectivity index is 2.30. The highest BCUT2D eigenvalue weighted by Crippen LogP contribution is 2.41. The van der Waals surface area contributed by atoms with Crippen LogP contribution < -0.4 is 0 Å². The fourth-order valence-corrected chi connectivity index (χ4v) is 1.53. The minimum Gasteiger partial charge on any atom is -0.479 e. The summed E-state index contributed by atoms with van der Waals surface area (Å²) in [6.07, 6.45) is 2.06. The van der Waals surface area contributed by atoms with Crippen LogP contribution in [0.4, 0.5) is 0 Å². The van der Waals surface area contributed by atoms with Crippen LogP contribution in [-0.2, 0) is 14.3 Å². The predicted molar refractivity (Wildman–Crippen MR) is 55.8 cm³/mol. The molecule has 0 radical (unpaired) electrons. The van der Waals surface area contributed by atoms with Crippen LogP contribution in [0.5, 0.6) is 0 Å². The minimum absolute atomic E-state index is 0.158. The molecular weight excluding hydrogens is 196 g/mol. The first-order valence-electron chi connectivity index (χ1n) is 5.45. The number of carbonyl (C=O) groups is 1. The van der Waals surface area contributed by atoms with Crippen molar-refractivity contribution in [3.63, 3.8) is 0 Å². The van der Waals surface area contributed by atoms with E-state index in [4.69, 9.17) is 14.6 Å². The Morgan fingerprint density at radius 1 is 1.47 bits per heavy atom. The highest BCUT2D eigenvalue weighted by atomic mass is 16.6. The molecule has 0 aliphatic heterocycles. The van der Waals surface area contributed by atoms with Gasteiger partial charge < -0.3 is 14.6 Å². The summed E-state index contributed by atoms with van der Waals surface area (Å²) in [4.78, 5) is 11.1. The Morgan fingerprint density at radius 2 is 2.07 bits per heavy atom. The Bertz CT molecular complexity index is 223. The second-order valence-corrected chi connectivity index (χ2v) is 4.45. The molecule has 1 N–H and O–H groups in total. The van der Waals surface area contributed by atoms with Gasteiger partial charge >= 0.3 is 5.97 Å². The average molecular weight is 216 g/mol. The van der Waals surface area contributed by atoms with Gasteiger partial charge in [-0.3, -0.25) is 0 Å². The summed E-state index contributed by atoms with van der Waals surface area (Å²) in [5.41, 5.74) is -1.01. The summed E-state index contributed by atoms with van der Waals surface area (Å²) < 4.78 is 10.7. The first-order chi connectivity index (χ1) is 6.97. The van der Waals surface area contributed by atoms with E-state index in [2.05, 4.69) is 0 Å². The van der Waals surface area contributed by atoms with Crippen LogP contribution >= 0.6 is 0 Å².